The molecule has 24 heavy (non-hydrogen) atoms. The minimum absolute atomic E-state index is 0.0109. The molecule has 0 aliphatic heterocycles. The Balaban J connectivity index is 2.24. The number of methoxy groups -OCH3 is 1. The van der Waals surface area contributed by atoms with Gasteiger partial charge in [0.25, 0.3) is 0 Å². The van der Waals surface area contributed by atoms with Crippen LogP contribution in [0.15, 0.2) is 53.4 Å². The summed E-state index contributed by atoms with van der Waals surface area (Å²) < 4.78 is 34.5. The quantitative estimate of drug-likeness (QED) is 0.425. The number of para-hydroxylation sites is 1. The number of carbonyl (C=O) groups is 1. The summed E-state index contributed by atoms with van der Waals surface area (Å²) in [6.45, 7) is 0. The van der Waals surface area contributed by atoms with Crippen molar-refractivity contribution in [1.29, 1.82) is 0 Å². The van der Waals surface area contributed by atoms with E-state index in [1.807, 2.05) is 0 Å². The third-order valence-corrected chi connectivity index (χ3v) is 4.82. The van der Waals surface area contributed by atoms with Crippen molar-refractivity contribution in [2.75, 3.05) is 13.0 Å². The third kappa shape index (κ3) is 4.49. The summed E-state index contributed by atoms with van der Waals surface area (Å²) in [5, 5.41) is 0. The average Bonchev–Trinajstić information content (AvgIpc) is 2.60. The van der Waals surface area contributed by atoms with E-state index in [4.69, 9.17) is 15.8 Å². The predicted molar refractivity (Wildman–Crippen MR) is 91.1 cm³/mol. The normalized spacial score (nSPS) is 11.1. The maximum absolute atomic E-state index is 12.4. The van der Waals surface area contributed by atoms with Gasteiger partial charge in [0.15, 0.2) is 5.75 Å². The van der Waals surface area contributed by atoms with Crippen molar-refractivity contribution in [2.24, 2.45) is 0 Å². The van der Waals surface area contributed by atoms with Crippen LogP contribution >= 0.6 is 11.6 Å². The Morgan fingerprint density at radius 1 is 1.08 bits per heavy atom. The van der Waals surface area contributed by atoms with E-state index in [2.05, 4.69) is 4.74 Å². The highest BCUT2D eigenvalue weighted by Crippen LogP contribution is 2.24. The van der Waals surface area contributed by atoms with Crippen molar-refractivity contribution < 1.29 is 22.1 Å². The minimum atomic E-state index is -4.05. The minimum Gasteiger partial charge on any atom is -0.465 e. The fourth-order valence-corrected chi connectivity index (χ4v) is 3.16. The van der Waals surface area contributed by atoms with Crippen LogP contribution in [-0.2, 0) is 21.3 Å². The predicted octanol–water partition coefficient (Wildman–Crippen LogP) is 3.41. The number of hydrogen-bond acceptors (Lipinski definition) is 5. The Morgan fingerprint density at radius 2 is 1.75 bits per heavy atom. The van der Waals surface area contributed by atoms with Gasteiger partial charge >= 0.3 is 16.1 Å². The number of rotatable bonds is 7. The van der Waals surface area contributed by atoms with E-state index in [-0.39, 0.29) is 16.2 Å². The van der Waals surface area contributed by atoms with E-state index < -0.39 is 16.1 Å². The molecule has 0 aliphatic carbocycles. The standard InChI is InChI=1S/C17H17ClO5S/c1-22-17(19)15-6-2-3-7-16(15)23-24(20,21)14-10-8-13(9-11-14)5-4-12-18/h2-3,6-11H,4-5,12H2,1H3. The SMILES string of the molecule is COC(=O)c1ccccc1OS(=O)(=O)c1ccc(CCCCl)cc1. The molecular formula is C17H17ClO5S. The molecule has 0 amide bonds. The molecule has 0 heterocycles. The molecule has 0 unspecified atom stereocenters. The van der Waals surface area contributed by atoms with E-state index in [9.17, 15) is 13.2 Å². The van der Waals surface area contributed by atoms with E-state index >= 15 is 0 Å². The fraction of sp³-hybridized carbons (Fsp3) is 0.235. The Kier molecular flexibility index (Phi) is 6.23. The number of alkyl halides is 1. The monoisotopic (exact) mass is 368 g/mol. The molecule has 7 heteroatoms. The van der Waals surface area contributed by atoms with Gasteiger partial charge < -0.3 is 8.92 Å². The summed E-state index contributed by atoms with van der Waals surface area (Å²) in [6, 6.07) is 12.4. The number of halogens is 1. The van der Waals surface area contributed by atoms with Crippen LogP contribution in [0.3, 0.4) is 0 Å². The molecule has 0 fully saturated rings. The molecule has 0 N–H and O–H groups in total. The van der Waals surface area contributed by atoms with Crippen LogP contribution in [0.5, 0.6) is 5.75 Å². The van der Waals surface area contributed by atoms with Crippen LogP contribution in [0.1, 0.15) is 22.3 Å². The van der Waals surface area contributed by atoms with E-state index in [1.165, 1.54) is 31.4 Å². The second kappa shape index (κ2) is 8.17. The molecule has 5 nitrogen and oxygen atoms in total. The summed E-state index contributed by atoms with van der Waals surface area (Å²) in [5.41, 5.74) is 1.03. The van der Waals surface area contributed by atoms with Crippen molar-refractivity contribution in [3.8, 4) is 5.75 Å². The largest absolute Gasteiger partial charge is 0.465 e. The van der Waals surface area contributed by atoms with Crippen LogP contribution in [0.2, 0.25) is 0 Å². The van der Waals surface area contributed by atoms with E-state index in [1.54, 1.807) is 24.3 Å². The van der Waals surface area contributed by atoms with Crippen LogP contribution in [0, 0.1) is 0 Å². The Hall–Kier alpha value is -2.05. The molecule has 0 aliphatic rings. The van der Waals surface area contributed by atoms with Gasteiger partial charge in [-0.15, -0.1) is 11.6 Å². The first-order chi connectivity index (χ1) is 11.5. The highest BCUT2D eigenvalue weighted by Gasteiger charge is 2.21. The van der Waals surface area contributed by atoms with Gasteiger partial charge in [0.2, 0.25) is 0 Å². The van der Waals surface area contributed by atoms with Gasteiger partial charge in [0.05, 0.1) is 7.11 Å². The van der Waals surface area contributed by atoms with Gasteiger partial charge in [0, 0.05) is 5.88 Å². The molecule has 0 saturated heterocycles. The first kappa shape index (κ1) is 18.3. The number of esters is 1. The van der Waals surface area contributed by atoms with Gasteiger partial charge in [0.1, 0.15) is 10.5 Å². The van der Waals surface area contributed by atoms with Crippen LogP contribution in [0.25, 0.3) is 0 Å². The van der Waals surface area contributed by atoms with Crippen LogP contribution in [0.4, 0.5) is 0 Å². The number of aryl methyl sites for hydroxylation is 1. The zero-order valence-electron chi connectivity index (χ0n) is 13.1. The number of ether oxygens (including phenoxy) is 1. The Bertz CT molecular complexity index is 800. The van der Waals surface area contributed by atoms with Crippen LogP contribution in [-0.4, -0.2) is 27.4 Å². The molecule has 0 spiro atoms. The maximum Gasteiger partial charge on any atom is 0.341 e. The summed E-state index contributed by atoms with van der Waals surface area (Å²) in [7, 11) is -2.83. The van der Waals surface area contributed by atoms with E-state index in [0.717, 1.165) is 18.4 Å². The van der Waals surface area contributed by atoms with Crippen molar-refractivity contribution in [3.63, 3.8) is 0 Å². The lowest BCUT2D eigenvalue weighted by Gasteiger charge is -2.10. The molecule has 0 aromatic heterocycles. The fourth-order valence-electron chi connectivity index (χ4n) is 2.08. The molecule has 128 valence electrons. The van der Waals surface area contributed by atoms with Crippen LogP contribution < -0.4 is 4.18 Å². The van der Waals surface area contributed by atoms with Crippen molar-refractivity contribution in [2.45, 2.75) is 17.7 Å². The number of hydrogen-bond donors (Lipinski definition) is 0. The Morgan fingerprint density at radius 3 is 2.38 bits per heavy atom. The first-order valence-electron chi connectivity index (χ1n) is 7.24. The molecule has 0 bridgehead atoms. The van der Waals surface area contributed by atoms with Gasteiger partial charge in [-0.25, -0.2) is 4.79 Å². The summed E-state index contributed by atoms with van der Waals surface area (Å²) in [6.07, 6.45) is 1.59. The van der Waals surface area contributed by atoms with Gasteiger partial charge in [-0.1, -0.05) is 24.3 Å². The zero-order chi connectivity index (χ0) is 17.6. The van der Waals surface area contributed by atoms with Crippen molar-refractivity contribution >= 4 is 27.7 Å². The molecule has 2 aromatic rings. The Labute approximate surface area is 146 Å². The van der Waals surface area contributed by atoms with E-state index in [0.29, 0.717) is 5.88 Å². The lowest BCUT2D eigenvalue weighted by molar-refractivity contribution is 0.0599. The lowest BCUT2D eigenvalue weighted by atomic mass is 10.1. The number of benzene rings is 2. The second-order valence-corrected chi connectivity index (χ2v) is 6.89. The highest BCUT2D eigenvalue weighted by atomic mass is 35.5. The maximum atomic E-state index is 12.4. The number of carbonyl (C=O) groups excluding carboxylic acids is 1. The second-order valence-electron chi connectivity index (χ2n) is 4.96. The first-order valence-corrected chi connectivity index (χ1v) is 9.19. The van der Waals surface area contributed by atoms with Gasteiger partial charge in [-0.2, -0.15) is 8.42 Å². The molecule has 0 saturated carbocycles. The highest BCUT2D eigenvalue weighted by molar-refractivity contribution is 7.87. The lowest BCUT2D eigenvalue weighted by Crippen LogP contribution is -2.13. The van der Waals surface area contributed by atoms with Crippen molar-refractivity contribution in [3.05, 3.63) is 59.7 Å². The van der Waals surface area contributed by atoms with Crippen molar-refractivity contribution in [1.82, 2.24) is 0 Å². The smallest absolute Gasteiger partial charge is 0.341 e. The molecule has 2 aromatic carbocycles. The van der Waals surface area contributed by atoms with Gasteiger partial charge in [-0.05, 0) is 42.7 Å². The summed E-state index contributed by atoms with van der Waals surface area (Å²) in [5.74, 6) is -0.194. The molecule has 2 rings (SSSR count). The molecule has 0 radical (unpaired) electrons. The average molecular weight is 369 g/mol. The zero-order valence-corrected chi connectivity index (χ0v) is 14.6. The summed E-state index contributed by atoms with van der Waals surface area (Å²) in [4.78, 5) is 11.7. The molecule has 0 atom stereocenters. The molecular weight excluding hydrogens is 352 g/mol. The topological polar surface area (TPSA) is 69.7 Å². The van der Waals surface area contributed by atoms with Gasteiger partial charge in [-0.3, -0.25) is 0 Å². The third-order valence-electron chi connectivity index (χ3n) is 3.30. The summed E-state index contributed by atoms with van der Waals surface area (Å²) >= 11 is 5.64.